The predicted molar refractivity (Wildman–Crippen MR) is 74.5 cm³/mol. The molecule has 1 atom stereocenters. The number of hydrogen-bond acceptors (Lipinski definition) is 5. The Kier molecular flexibility index (Phi) is 3.27. The molecule has 0 aromatic carbocycles. The first-order chi connectivity index (χ1) is 9.66. The zero-order chi connectivity index (χ0) is 14.1. The molecule has 3 heterocycles. The highest BCUT2D eigenvalue weighted by Gasteiger charge is 2.29. The minimum Gasteiger partial charge on any atom is -0.365 e. The van der Waals surface area contributed by atoms with Crippen LogP contribution in [0, 0.1) is 0 Å². The molecule has 20 heavy (non-hydrogen) atoms. The second-order valence-corrected chi connectivity index (χ2v) is 4.97. The number of nitrogens with zero attached hydrogens (tertiary/aromatic N) is 4. The minimum atomic E-state index is -0.446. The number of carbonyl (C=O) groups is 1. The SMILES string of the molecule is CN(C)C(=O)C1CN(c2ncnc3cc[nH]c23)CCO1. The van der Waals surface area contributed by atoms with Gasteiger partial charge < -0.3 is 19.5 Å². The predicted octanol–water partition coefficient (Wildman–Crippen LogP) is 0.251. The molecule has 3 rings (SSSR count). The summed E-state index contributed by atoms with van der Waals surface area (Å²) in [5.41, 5.74) is 1.77. The molecular weight excluding hydrogens is 258 g/mol. The number of H-pyrrole nitrogens is 1. The van der Waals surface area contributed by atoms with Gasteiger partial charge >= 0.3 is 0 Å². The van der Waals surface area contributed by atoms with Gasteiger partial charge in [-0.2, -0.15) is 0 Å². The fourth-order valence-electron chi connectivity index (χ4n) is 2.38. The molecule has 0 spiro atoms. The van der Waals surface area contributed by atoms with Crippen LogP contribution in [0.2, 0.25) is 0 Å². The van der Waals surface area contributed by atoms with Gasteiger partial charge in [0.15, 0.2) is 11.9 Å². The van der Waals surface area contributed by atoms with Crippen molar-refractivity contribution in [3.8, 4) is 0 Å². The first-order valence-electron chi connectivity index (χ1n) is 6.52. The van der Waals surface area contributed by atoms with Gasteiger partial charge in [0, 0.05) is 26.8 Å². The zero-order valence-corrected chi connectivity index (χ0v) is 11.5. The van der Waals surface area contributed by atoms with E-state index in [9.17, 15) is 4.79 Å². The molecule has 1 aliphatic rings. The van der Waals surface area contributed by atoms with Crippen LogP contribution in [0.5, 0.6) is 0 Å². The van der Waals surface area contributed by atoms with E-state index in [1.165, 1.54) is 0 Å². The van der Waals surface area contributed by atoms with Crippen molar-refractivity contribution in [3.05, 3.63) is 18.6 Å². The van der Waals surface area contributed by atoms with Gasteiger partial charge in [0.1, 0.15) is 11.8 Å². The number of ether oxygens (including phenoxy) is 1. The van der Waals surface area contributed by atoms with Gasteiger partial charge in [0.05, 0.1) is 18.7 Å². The molecule has 2 aromatic rings. The summed E-state index contributed by atoms with van der Waals surface area (Å²) in [4.78, 5) is 27.3. The molecule has 1 amide bonds. The van der Waals surface area contributed by atoms with Crippen molar-refractivity contribution in [2.24, 2.45) is 0 Å². The molecule has 7 heteroatoms. The molecule has 1 N–H and O–H groups in total. The number of likely N-dealkylation sites (N-methyl/N-ethyl adjacent to an activating group) is 1. The second-order valence-electron chi connectivity index (χ2n) is 4.97. The molecular formula is C13H17N5O2. The smallest absolute Gasteiger partial charge is 0.253 e. The highest BCUT2D eigenvalue weighted by Crippen LogP contribution is 2.23. The van der Waals surface area contributed by atoms with Gasteiger partial charge in [-0.3, -0.25) is 4.79 Å². The Balaban J connectivity index is 1.87. The normalized spacial score (nSPS) is 19.3. The summed E-state index contributed by atoms with van der Waals surface area (Å²) in [6.45, 7) is 1.72. The number of aromatic nitrogens is 3. The monoisotopic (exact) mass is 275 g/mol. The number of carbonyl (C=O) groups excluding carboxylic acids is 1. The van der Waals surface area contributed by atoms with Crippen LogP contribution in [0.15, 0.2) is 18.6 Å². The van der Waals surface area contributed by atoms with Gasteiger partial charge in [-0.25, -0.2) is 9.97 Å². The lowest BCUT2D eigenvalue weighted by Crippen LogP contribution is -2.49. The van der Waals surface area contributed by atoms with E-state index >= 15 is 0 Å². The average molecular weight is 275 g/mol. The third kappa shape index (κ3) is 2.20. The third-order valence-electron chi connectivity index (χ3n) is 3.41. The first kappa shape index (κ1) is 12.9. The zero-order valence-electron chi connectivity index (χ0n) is 11.5. The van der Waals surface area contributed by atoms with Crippen LogP contribution in [-0.4, -0.2) is 65.7 Å². The quantitative estimate of drug-likeness (QED) is 0.850. The Morgan fingerprint density at radius 3 is 3.15 bits per heavy atom. The number of amides is 1. The standard InChI is InChI=1S/C13H17N5O2/c1-17(2)13(19)10-7-18(5-6-20-10)12-11-9(3-4-14-11)15-8-16-12/h3-4,8,10,14H,5-7H2,1-2H3. The molecule has 2 aromatic heterocycles. The Morgan fingerprint density at radius 1 is 1.50 bits per heavy atom. The fourth-order valence-corrected chi connectivity index (χ4v) is 2.38. The maximum Gasteiger partial charge on any atom is 0.253 e. The molecule has 106 valence electrons. The van der Waals surface area contributed by atoms with E-state index in [4.69, 9.17) is 4.74 Å². The van der Waals surface area contributed by atoms with Crippen molar-refractivity contribution in [1.29, 1.82) is 0 Å². The Bertz CT molecular complexity index is 624. The highest BCUT2D eigenvalue weighted by atomic mass is 16.5. The van der Waals surface area contributed by atoms with Gasteiger partial charge in [0.2, 0.25) is 0 Å². The van der Waals surface area contributed by atoms with Gasteiger partial charge in [-0.15, -0.1) is 0 Å². The molecule has 0 saturated carbocycles. The molecule has 1 unspecified atom stereocenters. The molecule has 0 radical (unpaired) electrons. The Labute approximate surface area is 116 Å². The van der Waals surface area contributed by atoms with E-state index in [0.29, 0.717) is 19.7 Å². The van der Waals surface area contributed by atoms with E-state index in [2.05, 4.69) is 19.9 Å². The molecule has 1 aliphatic heterocycles. The summed E-state index contributed by atoms with van der Waals surface area (Å²) in [5.74, 6) is 0.798. The van der Waals surface area contributed by atoms with Gasteiger partial charge in [0.25, 0.3) is 5.91 Å². The van der Waals surface area contributed by atoms with E-state index in [1.807, 2.05) is 12.3 Å². The Morgan fingerprint density at radius 2 is 2.35 bits per heavy atom. The number of rotatable bonds is 2. The topological polar surface area (TPSA) is 74.4 Å². The van der Waals surface area contributed by atoms with Crippen molar-refractivity contribution in [1.82, 2.24) is 19.9 Å². The van der Waals surface area contributed by atoms with Crippen molar-refractivity contribution in [2.75, 3.05) is 38.7 Å². The van der Waals surface area contributed by atoms with Gasteiger partial charge in [-0.1, -0.05) is 0 Å². The minimum absolute atomic E-state index is 0.0218. The van der Waals surface area contributed by atoms with Crippen LogP contribution in [0.4, 0.5) is 5.82 Å². The summed E-state index contributed by atoms with van der Waals surface area (Å²) in [7, 11) is 3.47. The maximum atomic E-state index is 12.0. The average Bonchev–Trinajstić information content (AvgIpc) is 2.94. The van der Waals surface area contributed by atoms with Crippen LogP contribution < -0.4 is 4.90 Å². The number of anilines is 1. The van der Waals surface area contributed by atoms with Crippen LogP contribution >= 0.6 is 0 Å². The molecule has 1 saturated heterocycles. The lowest BCUT2D eigenvalue weighted by Gasteiger charge is -2.34. The van der Waals surface area contributed by atoms with Crippen molar-refractivity contribution >= 4 is 22.8 Å². The van der Waals surface area contributed by atoms with Crippen LogP contribution in [0.1, 0.15) is 0 Å². The van der Waals surface area contributed by atoms with Crippen LogP contribution in [-0.2, 0) is 9.53 Å². The summed E-state index contributed by atoms with van der Waals surface area (Å²) >= 11 is 0. The van der Waals surface area contributed by atoms with E-state index in [1.54, 1.807) is 25.3 Å². The van der Waals surface area contributed by atoms with Crippen LogP contribution in [0.3, 0.4) is 0 Å². The van der Waals surface area contributed by atoms with E-state index in [0.717, 1.165) is 16.9 Å². The van der Waals surface area contributed by atoms with Crippen molar-refractivity contribution in [2.45, 2.75) is 6.10 Å². The molecule has 0 bridgehead atoms. The third-order valence-corrected chi connectivity index (χ3v) is 3.41. The Hall–Kier alpha value is -2.15. The maximum absolute atomic E-state index is 12.0. The largest absolute Gasteiger partial charge is 0.365 e. The number of hydrogen-bond donors (Lipinski definition) is 1. The molecule has 7 nitrogen and oxygen atoms in total. The summed E-state index contributed by atoms with van der Waals surface area (Å²) in [5, 5.41) is 0. The van der Waals surface area contributed by atoms with Crippen molar-refractivity contribution < 1.29 is 9.53 Å². The first-order valence-corrected chi connectivity index (χ1v) is 6.52. The number of nitrogens with one attached hydrogen (secondary N) is 1. The highest BCUT2D eigenvalue weighted by molar-refractivity contribution is 5.87. The lowest BCUT2D eigenvalue weighted by molar-refractivity contribution is -0.141. The number of morpholine rings is 1. The summed E-state index contributed by atoms with van der Waals surface area (Å²) in [6, 6.07) is 1.91. The van der Waals surface area contributed by atoms with E-state index < -0.39 is 6.10 Å². The van der Waals surface area contributed by atoms with Crippen LogP contribution in [0.25, 0.3) is 11.0 Å². The summed E-state index contributed by atoms with van der Waals surface area (Å²) < 4.78 is 5.56. The number of fused-ring (bicyclic) bond motifs is 1. The second kappa shape index (κ2) is 5.09. The van der Waals surface area contributed by atoms with E-state index in [-0.39, 0.29) is 5.91 Å². The molecule has 1 fully saturated rings. The van der Waals surface area contributed by atoms with Crippen molar-refractivity contribution in [3.63, 3.8) is 0 Å². The fraction of sp³-hybridized carbons (Fsp3) is 0.462. The van der Waals surface area contributed by atoms with Gasteiger partial charge in [-0.05, 0) is 6.07 Å². The number of aromatic amines is 1. The lowest BCUT2D eigenvalue weighted by atomic mass is 10.2. The molecule has 0 aliphatic carbocycles. The summed E-state index contributed by atoms with van der Waals surface area (Å²) in [6.07, 6.45) is 2.94.